The van der Waals surface area contributed by atoms with Gasteiger partial charge in [-0.2, -0.15) is 0 Å². The molecule has 0 radical (unpaired) electrons. The van der Waals surface area contributed by atoms with Gasteiger partial charge in [-0.3, -0.25) is 0 Å². The van der Waals surface area contributed by atoms with Crippen molar-refractivity contribution in [2.24, 2.45) is 5.92 Å². The fourth-order valence-electron chi connectivity index (χ4n) is 2.88. The lowest BCUT2D eigenvalue weighted by Crippen LogP contribution is -2.43. The largest absolute Gasteiger partial charge is 0.460 e. The number of alkyl carbamates (subject to hydrolysis) is 1. The summed E-state index contributed by atoms with van der Waals surface area (Å²) in [5, 5.41) is 2.35. The molecular formula is C20H28F3NO4. The molecule has 0 fully saturated rings. The van der Waals surface area contributed by atoms with Gasteiger partial charge in [0.25, 0.3) is 0 Å². The molecule has 0 saturated heterocycles. The SMILES string of the molecule is CC(C)[C@@H](c1c(F)cc(F)cc1F)[C@H](C)OC(=O)[C@H](C)NC(=O)OC(C)(C)C. The summed E-state index contributed by atoms with van der Waals surface area (Å²) in [6, 6.07) is 0.150. The molecule has 28 heavy (non-hydrogen) atoms. The first-order chi connectivity index (χ1) is 12.7. The number of ether oxygens (including phenoxy) is 2. The number of rotatable bonds is 6. The first kappa shape index (κ1) is 23.8. The summed E-state index contributed by atoms with van der Waals surface area (Å²) < 4.78 is 52.0. The Kier molecular flexibility index (Phi) is 7.90. The van der Waals surface area contributed by atoms with Gasteiger partial charge in [-0.15, -0.1) is 0 Å². The van der Waals surface area contributed by atoms with Gasteiger partial charge in [0.05, 0.1) is 0 Å². The van der Waals surface area contributed by atoms with Crippen molar-refractivity contribution in [3.05, 3.63) is 35.1 Å². The van der Waals surface area contributed by atoms with Gasteiger partial charge in [0, 0.05) is 23.6 Å². The lowest BCUT2D eigenvalue weighted by molar-refractivity contribution is -0.152. The maximum absolute atomic E-state index is 14.2. The van der Waals surface area contributed by atoms with E-state index >= 15 is 0 Å². The van der Waals surface area contributed by atoms with Crippen LogP contribution in [0.4, 0.5) is 18.0 Å². The molecular weight excluding hydrogens is 375 g/mol. The molecule has 8 heteroatoms. The predicted molar refractivity (Wildman–Crippen MR) is 98.3 cm³/mol. The normalized spacial score (nSPS) is 15.0. The third-order valence-corrected chi connectivity index (χ3v) is 3.99. The molecule has 5 nitrogen and oxygen atoms in total. The van der Waals surface area contributed by atoms with Crippen LogP contribution in [0, 0.1) is 23.4 Å². The summed E-state index contributed by atoms with van der Waals surface area (Å²) in [5.41, 5.74) is -1.08. The van der Waals surface area contributed by atoms with Gasteiger partial charge in [0.2, 0.25) is 0 Å². The van der Waals surface area contributed by atoms with E-state index in [0.717, 1.165) is 0 Å². The number of esters is 1. The van der Waals surface area contributed by atoms with Crippen LogP contribution in [0.25, 0.3) is 0 Å². The van der Waals surface area contributed by atoms with Crippen molar-refractivity contribution in [2.45, 2.75) is 72.1 Å². The number of hydrogen-bond acceptors (Lipinski definition) is 4. The Balaban J connectivity index is 2.92. The van der Waals surface area contributed by atoms with Crippen molar-refractivity contribution in [3.63, 3.8) is 0 Å². The second kappa shape index (κ2) is 9.30. The first-order valence-corrected chi connectivity index (χ1v) is 9.07. The summed E-state index contributed by atoms with van der Waals surface area (Å²) in [4.78, 5) is 24.1. The fraction of sp³-hybridized carbons (Fsp3) is 0.600. The zero-order chi connectivity index (χ0) is 21.8. The molecule has 0 unspecified atom stereocenters. The van der Waals surface area contributed by atoms with E-state index in [1.807, 2.05) is 0 Å². The molecule has 1 aromatic rings. The summed E-state index contributed by atoms with van der Waals surface area (Å²) in [6.07, 6.45) is -1.72. The molecule has 1 rings (SSSR count). The Morgan fingerprint density at radius 2 is 1.50 bits per heavy atom. The van der Waals surface area contributed by atoms with Crippen molar-refractivity contribution < 1.29 is 32.2 Å². The van der Waals surface area contributed by atoms with Crippen molar-refractivity contribution >= 4 is 12.1 Å². The van der Waals surface area contributed by atoms with Gasteiger partial charge in [-0.1, -0.05) is 13.8 Å². The standard InChI is InChI=1S/C20H28F3NO4/c1-10(2)16(17-14(22)8-13(21)9-15(17)23)12(4)27-18(25)11(3)24-19(26)28-20(5,6)7/h8-12,16H,1-7H3,(H,24,26)/t11-,12-,16+/m0/s1. The second-order valence-corrected chi connectivity index (χ2v) is 8.06. The van der Waals surface area contributed by atoms with E-state index in [0.29, 0.717) is 12.1 Å². The van der Waals surface area contributed by atoms with E-state index in [9.17, 15) is 22.8 Å². The second-order valence-electron chi connectivity index (χ2n) is 8.06. The van der Waals surface area contributed by atoms with Crippen LogP contribution < -0.4 is 5.32 Å². The van der Waals surface area contributed by atoms with Crippen LogP contribution in [-0.4, -0.2) is 29.8 Å². The molecule has 0 bridgehead atoms. The Labute approximate surface area is 163 Å². The van der Waals surface area contributed by atoms with Gasteiger partial charge in [0.1, 0.15) is 35.2 Å². The minimum absolute atomic E-state index is 0.314. The van der Waals surface area contributed by atoms with Gasteiger partial charge >= 0.3 is 12.1 Å². The monoisotopic (exact) mass is 403 g/mol. The van der Waals surface area contributed by atoms with Crippen LogP contribution in [0.2, 0.25) is 0 Å². The molecule has 0 heterocycles. The molecule has 0 aliphatic heterocycles. The highest BCUT2D eigenvalue weighted by atomic mass is 19.1. The van der Waals surface area contributed by atoms with Gasteiger partial charge in [-0.25, -0.2) is 22.8 Å². The van der Waals surface area contributed by atoms with Crippen LogP contribution >= 0.6 is 0 Å². The third-order valence-electron chi connectivity index (χ3n) is 3.99. The first-order valence-electron chi connectivity index (χ1n) is 9.07. The molecule has 158 valence electrons. The average Bonchev–Trinajstić information content (AvgIpc) is 2.47. The van der Waals surface area contributed by atoms with E-state index in [2.05, 4.69) is 5.32 Å². The molecule has 0 aliphatic rings. The van der Waals surface area contributed by atoms with Gasteiger partial charge < -0.3 is 14.8 Å². The highest BCUT2D eigenvalue weighted by molar-refractivity contribution is 5.81. The van der Waals surface area contributed by atoms with E-state index in [4.69, 9.17) is 9.47 Å². The molecule has 1 aromatic carbocycles. The quantitative estimate of drug-likeness (QED) is 0.700. The van der Waals surface area contributed by atoms with Crippen molar-refractivity contribution in [3.8, 4) is 0 Å². The topological polar surface area (TPSA) is 64.6 Å². The Morgan fingerprint density at radius 3 is 1.93 bits per heavy atom. The molecule has 0 aliphatic carbocycles. The fourth-order valence-corrected chi connectivity index (χ4v) is 2.88. The Morgan fingerprint density at radius 1 is 1.00 bits per heavy atom. The highest BCUT2D eigenvalue weighted by Crippen LogP contribution is 2.34. The van der Waals surface area contributed by atoms with E-state index < -0.39 is 53.2 Å². The number of hydrogen-bond donors (Lipinski definition) is 1. The summed E-state index contributed by atoms with van der Waals surface area (Å²) in [6.45, 7) is 11.3. The Hall–Kier alpha value is -2.25. The highest BCUT2D eigenvalue weighted by Gasteiger charge is 2.33. The van der Waals surface area contributed by atoms with Crippen LogP contribution in [0.3, 0.4) is 0 Å². The van der Waals surface area contributed by atoms with Crippen molar-refractivity contribution in [1.82, 2.24) is 5.32 Å². The molecule has 3 atom stereocenters. The average molecular weight is 403 g/mol. The number of nitrogens with one attached hydrogen (secondary N) is 1. The number of carbonyl (C=O) groups is 2. The van der Waals surface area contributed by atoms with Crippen LogP contribution in [0.5, 0.6) is 0 Å². The van der Waals surface area contributed by atoms with Gasteiger partial charge in [-0.05, 0) is 40.5 Å². The van der Waals surface area contributed by atoms with Crippen molar-refractivity contribution in [2.75, 3.05) is 0 Å². The molecule has 1 amide bonds. The summed E-state index contributed by atoms with van der Waals surface area (Å²) in [7, 11) is 0. The maximum atomic E-state index is 14.2. The molecule has 0 aromatic heterocycles. The van der Waals surface area contributed by atoms with Gasteiger partial charge in [0.15, 0.2) is 0 Å². The number of halogens is 3. The lowest BCUT2D eigenvalue weighted by Gasteiger charge is -2.29. The zero-order valence-corrected chi connectivity index (χ0v) is 17.2. The summed E-state index contributed by atoms with van der Waals surface area (Å²) >= 11 is 0. The number of amides is 1. The maximum Gasteiger partial charge on any atom is 0.408 e. The molecule has 1 N–H and O–H groups in total. The van der Waals surface area contributed by atoms with Crippen LogP contribution in [0.1, 0.15) is 59.9 Å². The molecule has 0 saturated carbocycles. The lowest BCUT2D eigenvalue weighted by atomic mass is 9.83. The minimum atomic E-state index is -1.04. The van der Waals surface area contributed by atoms with E-state index in [1.165, 1.54) is 13.8 Å². The number of benzene rings is 1. The Bertz CT molecular complexity index is 693. The minimum Gasteiger partial charge on any atom is -0.460 e. The van der Waals surface area contributed by atoms with Crippen LogP contribution in [0.15, 0.2) is 12.1 Å². The predicted octanol–water partition coefficient (Wildman–Crippen LogP) is 4.69. The third kappa shape index (κ3) is 6.73. The van der Waals surface area contributed by atoms with E-state index in [1.54, 1.807) is 34.6 Å². The summed E-state index contributed by atoms with van der Waals surface area (Å²) in [5.74, 6) is -5.06. The smallest absolute Gasteiger partial charge is 0.408 e. The van der Waals surface area contributed by atoms with Crippen LogP contribution in [-0.2, 0) is 14.3 Å². The van der Waals surface area contributed by atoms with Crippen molar-refractivity contribution in [1.29, 1.82) is 0 Å². The zero-order valence-electron chi connectivity index (χ0n) is 17.2. The van der Waals surface area contributed by atoms with E-state index in [-0.39, 0.29) is 11.5 Å². The number of carbonyl (C=O) groups excluding carboxylic acids is 2. The molecule has 0 spiro atoms.